The minimum atomic E-state index is -0.169. The average Bonchev–Trinajstić information content (AvgIpc) is 2.89. The van der Waals surface area contributed by atoms with E-state index in [-0.39, 0.29) is 23.6 Å². The third kappa shape index (κ3) is 4.94. The number of likely N-dealkylation sites (tertiary alicyclic amines) is 1. The summed E-state index contributed by atoms with van der Waals surface area (Å²) in [5.74, 6) is -0.147. The van der Waals surface area contributed by atoms with Crippen molar-refractivity contribution in [1.29, 1.82) is 0 Å². The lowest BCUT2D eigenvalue weighted by molar-refractivity contribution is -0.122. The van der Waals surface area contributed by atoms with E-state index in [2.05, 4.69) is 20.5 Å². The van der Waals surface area contributed by atoms with Crippen LogP contribution in [0.2, 0.25) is 0 Å². The molecule has 1 saturated heterocycles. The Kier molecular flexibility index (Phi) is 6.97. The zero-order chi connectivity index (χ0) is 19.3. The zero-order valence-electron chi connectivity index (χ0n) is 16.2. The van der Waals surface area contributed by atoms with Crippen LogP contribution in [0.1, 0.15) is 65.2 Å². The third-order valence-corrected chi connectivity index (χ3v) is 4.88. The Labute approximate surface area is 154 Å². The first kappa shape index (κ1) is 20.2. The first-order valence-corrected chi connectivity index (χ1v) is 9.33. The van der Waals surface area contributed by atoms with Crippen molar-refractivity contribution < 1.29 is 14.4 Å². The van der Waals surface area contributed by atoms with Crippen LogP contribution in [0.4, 0.5) is 0 Å². The molecule has 1 aromatic heterocycles. The fourth-order valence-corrected chi connectivity index (χ4v) is 3.52. The van der Waals surface area contributed by atoms with E-state index in [1.807, 2.05) is 13.8 Å². The van der Waals surface area contributed by atoms with Crippen molar-refractivity contribution in [2.24, 2.45) is 0 Å². The van der Waals surface area contributed by atoms with E-state index >= 15 is 0 Å². The van der Waals surface area contributed by atoms with Crippen molar-refractivity contribution in [3.8, 4) is 0 Å². The van der Waals surface area contributed by atoms with Gasteiger partial charge >= 0.3 is 0 Å². The Bertz CT molecular complexity index is 673. The summed E-state index contributed by atoms with van der Waals surface area (Å²) in [6, 6.07) is 0.0845. The van der Waals surface area contributed by atoms with Gasteiger partial charge in [0.2, 0.25) is 5.91 Å². The molecule has 1 aromatic rings. The molecule has 2 amide bonds. The Morgan fingerprint density at radius 3 is 2.38 bits per heavy atom. The molecule has 0 radical (unpaired) electrons. The number of rotatable bonds is 7. The second-order valence-corrected chi connectivity index (χ2v) is 7.06. The zero-order valence-corrected chi connectivity index (χ0v) is 16.2. The summed E-state index contributed by atoms with van der Waals surface area (Å²) >= 11 is 0. The van der Waals surface area contributed by atoms with Gasteiger partial charge in [0.05, 0.1) is 6.54 Å². The summed E-state index contributed by atoms with van der Waals surface area (Å²) in [5.41, 5.74) is 2.50. The molecule has 1 fully saturated rings. The molecule has 1 aliphatic rings. The van der Waals surface area contributed by atoms with Crippen molar-refractivity contribution in [1.82, 2.24) is 20.5 Å². The lowest BCUT2D eigenvalue weighted by Crippen LogP contribution is -2.47. The average molecular weight is 362 g/mol. The van der Waals surface area contributed by atoms with Crippen LogP contribution < -0.4 is 10.6 Å². The molecule has 2 heterocycles. The van der Waals surface area contributed by atoms with E-state index in [1.54, 1.807) is 6.92 Å². The van der Waals surface area contributed by atoms with Crippen LogP contribution in [0.3, 0.4) is 0 Å². The van der Waals surface area contributed by atoms with E-state index in [0.717, 1.165) is 38.0 Å². The van der Waals surface area contributed by atoms with Crippen molar-refractivity contribution in [3.05, 3.63) is 22.5 Å². The molecule has 7 heteroatoms. The second kappa shape index (κ2) is 8.98. The third-order valence-electron chi connectivity index (χ3n) is 4.88. The summed E-state index contributed by atoms with van der Waals surface area (Å²) in [6.07, 6.45) is 2.55. The number of aromatic nitrogens is 1. The van der Waals surface area contributed by atoms with Crippen molar-refractivity contribution in [3.63, 3.8) is 0 Å². The van der Waals surface area contributed by atoms with Crippen molar-refractivity contribution in [2.45, 2.75) is 53.0 Å². The van der Waals surface area contributed by atoms with Crippen LogP contribution in [0, 0.1) is 13.8 Å². The molecule has 3 N–H and O–H groups in total. The minimum absolute atomic E-state index is 0.0371. The van der Waals surface area contributed by atoms with Gasteiger partial charge in [-0.15, -0.1) is 0 Å². The highest BCUT2D eigenvalue weighted by atomic mass is 16.2. The predicted molar refractivity (Wildman–Crippen MR) is 101 cm³/mol. The molecule has 144 valence electrons. The number of carbonyl (C=O) groups excluding carboxylic acids is 3. The number of amides is 2. The first-order valence-electron chi connectivity index (χ1n) is 9.33. The van der Waals surface area contributed by atoms with Crippen LogP contribution in [-0.4, -0.2) is 59.7 Å². The summed E-state index contributed by atoms with van der Waals surface area (Å²) in [5, 5.41) is 5.94. The number of piperidine rings is 1. The van der Waals surface area contributed by atoms with Crippen molar-refractivity contribution >= 4 is 17.6 Å². The van der Waals surface area contributed by atoms with Gasteiger partial charge in [0.1, 0.15) is 5.69 Å². The SMILES string of the molecule is CCCNC(=O)CN1CCC(NC(=O)c2[nH]c(C)c(C(C)=O)c2C)CC1. The van der Waals surface area contributed by atoms with Gasteiger partial charge in [-0.25, -0.2) is 0 Å². The molecular weight excluding hydrogens is 332 g/mol. The fourth-order valence-electron chi connectivity index (χ4n) is 3.52. The molecule has 2 rings (SSSR count). The maximum Gasteiger partial charge on any atom is 0.268 e. The van der Waals surface area contributed by atoms with Gasteiger partial charge < -0.3 is 15.6 Å². The van der Waals surface area contributed by atoms with E-state index < -0.39 is 0 Å². The number of nitrogens with zero attached hydrogens (tertiary/aromatic N) is 1. The molecule has 26 heavy (non-hydrogen) atoms. The lowest BCUT2D eigenvalue weighted by Gasteiger charge is -2.31. The molecule has 0 saturated carbocycles. The van der Waals surface area contributed by atoms with Crippen LogP contribution in [0.15, 0.2) is 0 Å². The first-order chi connectivity index (χ1) is 12.3. The summed E-state index contributed by atoms with van der Waals surface area (Å²) in [4.78, 5) is 41.2. The number of Topliss-reactive ketones (excluding diaryl/α,β-unsaturated/α-hetero) is 1. The maximum atomic E-state index is 12.6. The molecule has 0 unspecified atom stereocenters. The minimum Gasteiger partial charge on any atom is -0.355 e. The number of hydrogen-bond donors (Lipinski definition) is 3. The Morgan fingerprint density at radius 2 is 1.85 bits per heavy atom. The van der Waals surface area contributed by atoms with Crippen LogP contribution in [0.25, 0.3) is 0 Å². The van der Waals surface area contributed by atoms with Gasteiger partial charge in [0, 0.05) is 36.9 Å². The van der Waals surface area contributed by atoms with Crippen LogP contribution in [0.5, 0.6) is 0 Å². The van der Waals surface area contributed by atoms with Crippen LogP contribution in [-0.2, 0) is 4.79 Å². The van der Waals surface area contributed by atoms with Crippen LogP contribution >= 0.6 is 0 Å². The van der Waals surface area contributed by atoms with Gasteiger partial charge in [0.25, 0.3) is 5.91 Å². The molecule has 0 aliphatic carbocycles. The number of H-pyrrole nitrogens is 1. The lowest BCUT2D eigenvalue weighted by atomic mass is 10.0. The number of carbonyl (C=O) groups is 3. The standard InChI is InChI=1S/C19H30N4O3/c1-5-8-20-16(25)11-23-9-6-15(7-10-23)22-19(26)18-12(2)17(14(4)24)13(3)21-18/h15,21H,5-11H2,1-4H3,(H,20,25)(H,22,26). The van der Waals surface area contributed by atoms with Gasteiger partial charge in [-0.3, -0.25) is 19.3 Å². The highest BCUT2D eigenvalue weighted by Crippen LogP contribution is 2.19. The number of nitrogens with one attached hydrogen (secondary N) is 3. The van der Waals surface area contributed by atoms with Gasteiger partial charge in [-0.05, 0) is 45.6 Å². The predicted octanol–water partition coefficient (Wildman–Crippen LogP) is 1.55. The van der Waals surface area contributed by atoms with E-state index in [0.29, 0.717) is 29.9 Å². The topological polar surface area (TPSA) is 94.3 Å². The monoisotopic (exact) mass is 362 g/mol. The fraction of sp³-hybridized carbons (Fsp3) is 0.632. The van der Waals surface area contributed by atoms with Crippen molar-refractivity contribution in [2.75, 3.05) is 26.2 Å². The summed E-state index contributed by atoms with van der Waals surface area (Å²) < 4.78 is 0. The number of aromatic amines is 1. The molecule has 0 bridgehead atoms. The second-order valence-electron chi connectivity index (χ2n) is 7.06. The van der Waals surface area contributed by atoms with Gasteiger partial charge in [-0.2, -0.15) is 0 Å². The normalized spacial score (nSPS) is 15.7. The molecule has 0 spiro atoms. The number of ketones is 1. The molecule has 7 nitrogen and oxygen atoms in total. The highest BCUT2D eigenvalue weighted by molar-refractivity contribution is 6.02. The Hall–Kier alpha value is -2.15. The summed E-state index contributed by atoms with van der Waals surface area (Å²) in [7, 11) is 0. The summed E-state index contributed by atoms with van der Waals surface area (Å²) in [6.45, 7) is 9.84. The highest BCUT2D eigenvalue weighted by Gasteiger charge is 2.25. The molecule has 1 aliphatic heterocycles. The van der Waals surface area contributed by atoms with E-state index in [4.69, 9.17) is 0 Å². The largest absolute Gasteiger partial charge is 0.355 e. The molecule has 0 aromatic carbocycles. The van der Waals surface area contributed by atoms with E-state index in [9.17, 15) is 14.4 Å². The van der Waals surface area contributed by atoms with Gasteiger partial charge in [-0.1, -0.05) is 6.92 Å². The molecular formula is C19H30N4O3. The Morgan fingerprint density at radius 1 is 1.19 bits per heavy atom. The van der Waals surface area contributed by atoms with Gasteiger partial charge in [0.15, 0.2) is 5.78 Å². The van der Waals surface area contributed by atoms with E-state index in [1.165, 1.54) is 6.92 Å². The number of hydrogen-bond acceptors (Lipinski definition) is 4. The quantitative estimate of drug-likeness (QED) is 0.642. The Balaban J connectivity index is 1.86. The maximum absolute atomic E-state index is 12.6. The smallest absolute Gasteiger partial charge is 0.268 e. The number of aryl methyl sites for hydroxylation is 1. The molecule has 0 atom stereocenters.